The summed E-state index contributed by atoms with van der Waals surface area (Å²) in [5.74, 6) is -0.548. The number of phenols is 1. The molecule has 21 heavy (non-hydrogen) atoms. The maximum Gasteiger partial charge on any atom is 0.275 e. The van der Waals surface area contributed by atoms with Crippen LogP contribution in [-0.4, -0.2) is 17.2 Å². The molecule has 0 heterocycles. The van der Waals surface area contributed by atoms with Gasteiger partial charge in [0.25, 0.3) is 5.91 Å². The second kappa shape index (κ2) is 7.40. The molecule has 4 nitrogen and oxygen atoms in total. The first kappa shape index (κ1) is 15.0. The SMILES string of the molecule is O=C(N/N=C\C(Br)=C\c1ccccc1)c1ccccc1O. The number of allylic oxidation sites excluding steroid dienone is 1. The molecule has 0 fully saturated rings. The first-order chi connectivity index (χ1) is 10.2. The Morgan fingerprint density at radius 2 is 1.76 bits per heavy atom. The smallest absolute Gasteiger partial charge is 0.275 e. The maximum atomic E-state index is 11.8. The fourth-order valence-electron chi connectivity index (χ4n) is 1.62. The minimum atomic E-state index is -0.468. The summed E-state index contributed by atoms with van der Waals surface area (Å²) in [7, 11) is 0. The van der Waals surface area contributed by atoms with Crippen LogP contribution in [0.2, 0.25) is 0 Å². The molecule has 2 aromatic rings. The molecule has 0 aliphatic rings. The van der Waals surface area contributed by atoms with Crippen LogP contribution in [-0.2, 0) is 0 Å². The Kier molecular flexibility index (Phi) is 5.29. The summed E-state index contributed by atoms with van der Waals surface area (Å²) < 4.78 is 0.714. The third-order valence-electron chi connectivity index (χ3n) is 2.61. The van der Waals surface area contributed by atoms with Gasteiger partial charge in [-0.2, -0.15) is 5.10 Å². The van der Waals surface area contributed by atoms with E-state index in [1.54, 1.807) is 12.1 Å². The van der Waals surface area contributed by atoms with Crippen molar-refractivity contribution in [3.8, 4) is 5.75 Å². The van der Waals surface area contributed by atoms with E-state index in [1.165, 1.54) is 18.3 Å². The number of para-hydroxylation sites is 1. The van der Waals surface area contributed by atoms with Crippen molar-refractivity contribution in [3.05, 3.63) is 70.2 Å². The van der Waals surface area contributed by atoms with Crippen LogP contribution in [0.15, 0.2) is 64.2 Å². The molecule has 0 aromatic heterocycles. The molecule has 1 amide bonds. The molecule has 0 spiro atoms. The van der Waals surface area contributed by atoms with Crippen molar-refractivity contribution in [2.45, 2.75) is 0 Å². The molecular weight excluding hydrogens is 332 g/mol. The molecule has 2 aromatic carbocycles. The number of rotatable bonds is 4. The molecule has 106 valence electrons. The van der Waals surface area contributed by atoms with Gasteiger partial charge in [0, 0.05) is 4.48 Å². The van der Waals surface area contributed by atoms with E-state index in [1.807, 2.05) is 36.4 Å². The number of carbonyl (C=O) groups excluding carboxylic acids is 1. The van der Waals surface area contributed by atoms with Gasteiger partial charge < -0.3 is 5.11 Å². The van der Waals surface area contributed by atoms with Crippen LogP contribution >= 0.6 is 15.9 Å². The predicted octanol–water partition coefficient (Wildman–Crippen LogP) is 3.54. The number of carbonyl (C=O) groups is 1. The van der Waals surface area contributed by atoms with Crippen molar-refractivity contribution in [2.75, 3.05) is 0 Å². The van der Waals surface area contributed by atoms with Gasteiger partial charge in [-0.25, -0.2) is 5.43 Å². The van der Waals surface area contributed by atoms with Gasteiger partial charge in [-0.1, -0.05) is 42.5 Å². The van der Waals surface area contributed by atoms with Gasteiger partial charge in [-0.3, -0.25) is 4.79 Å². The zero-order chi connectivity index (χ0) is 15.1. The van der Waals surface area contributed by atoms with Gasteiger partial charge in [-0.05, 0) is 39.7 Å². The van der Waals surface area contributed by atoms with E-state index in [4.69, 9.17) is 0 Å². The topological polar surface area (TPSA) is 61.7 Å². The van der Waals surface area contributed by atoms with Crippen LogP contribution < -0.4 is 5.43 Å². The Hall–Kier alpha value is -2.40. The lowest BCUT2D eigenvalue weighted by Gasteiger charge is -2.01. The third kappa shape index (κ3) is 4.57. The maximum absolute atomic E-state index is 11.8. The van der Waals surface area contributed by atoms with E-state index in [0.717, 1.165) is 5.56 Å². The molecule has 0 unspecified atom stereocenters. The summed E-state index contributed by atoms with van der Waals surface area (Å²) in [6, 6.07) is 16.0. The quantitative estimate of drug-likeness (QED) is 0.658. The van der Waals surface area contributed by atoms with E-state index in [-0.39, 0.29) is 11.3 Å². The predicted molar refractivity (Wildman–Crippen MR) is 87.4 cm³/mol. The summed E-state index contributed by atoms with van der Waals surface area (Å²) in [4.78, 5) is 11.8. The molecule has 0 bridgehead atoms. The molecule has 0 saturated heterocycles. The van der Waals surface area contributed by atoms with E-state index in [2.05, 4.69) is 26.5 Å². The highest BCUT2D eigenvalue weighted by Crippen LogP contribution is 2.15. The largest absolute Gasteiger partial charge is 0.507 e. The zero-order valence-corrected chi connectivity index (χ0v) is 12.6. The molecule has 2 N–H and O–H groups in total. The van der Waals surface area contributed by atoms with E-state index < -0.39 is 5.91 Å². The van der Waals surface area contributed by atoms with Gasteiger partial charge in [0.1, 0.15) is 5.75 Å². The Bertz CT molecular complexity index is 682. The molecule has 0 atom stereocenters. The number of amides is 1. The number of halogens is 1. The van der Waals surface area contributed by atoms with Gasteiger partial charge in [0.2, 0.25) is 0 Å². The lowest BCUT2D eigenvalue weighted by molar-refractivity contribution is 0.0952. The minimum Gasteiger partial charge on any atom is -0.507 e. The lowest BCUT2D eigenvalue weighted by Crippen LogP contribution is -2.17. The second-order valence-electron chi connectivity index (χ2n) is 4.16. The number of nitrogens with zero attached hydrogens (tertiary/aromatic N) is 1. The van der Waals surface area contributed by atoms with Gasteiger partial charge in [0.15, 0.2) is 0 Å². The van der Waals surface area contributed by atoms with Crippen LogP contribution in [0.5, 0.6) is 5.75 Å². The molecule has 0 radical (unpaired) electrons. The summed E-state index contributed by atoms with van der Waals surface area (Å²) in [6.07, 6.45) is 3.35. The van der Waals surface area contributed by atoms with Gasteiger partial charge in [-0.15, -0.1) is 0 Å². The average Bonchev–Trinajstić information content (AvgIpc) is 2.48. The van der Waals surface area contributed by atoms with Crippen molar-refractivity contribution in [3.63, 3.8) is 0 Å². The number of phenolic OH excluding ortho intramolecular Hbond substituents is 1. The fraction of sp³-hybridized carbons (Fsp3) is 0. The van der Waals surface area contributed by atoms with E-state index in [0.29, 0.717) is 4.48 Å². The number of benzene rings is 2. The number of aromatic hydroxyl groups is 1. The molecular formula is C16H13BrN2O2. The monoisotopic (exact) mass is 344 g/mol. The van der Waals surface area contributed by atoms with Crippen LogP contribution in [0.4, 0.5) is 0 Å². The van der Waals surface area contributed by atoms with Crippen molar-refractivity contribution in [2.24, 2.45) is 5.10 Å². The summed E-state index contributed by atoms with van der Waals surface area (Å²) in [6.45, 7) is 0. The van der Waals surface area contributed by atoms with Crippen LogP contribution in [0, 0.1) is 0 Å². The highest BCUT2D eigenvalue weighted by atomic mass is 79.9. The Morgan fingerprint density at radius 1 is 1.10 bits per heavy atom. The Balaban J connectivity index is 1.98. The Labute approximate surface area is 130 Å². The lowest BCUT2D eigenvalue weighted by atomic mass is 10.2. The molecule has 2 rings (SSSR count). The number of nitrogens with one attached hydrogen (secondary N) is 1. The van der Waals surface area contributed by atoms with Gasteiger partial charge in [0.05, 0.1) is 11.8 Å². The first-order valence-corrected chi connectivity index (χ1v) is 7.00. The molecule has 0 saturated carbocycles. The number of hydrogen-bond acceptors (Lipinski definition) is 3. The molecule has 0 aliphatic heterocycles. The fourth-order valence-corrected chi connectivity index (χ4v) is 1.99. The highest BCUT2D eigenvalue weighted by Gasteiger charge is 2.08. The van der Waals surface area contributed by atoms with Gasteiger partial charge >= 0.3 is 0 Å². The van der Waals surface area contributed by atoms with E-state index >= 15 is 0 Å². The number of hydrazone groups is 1. The summed E-state index contributed by atoms with van der Waals surface area (Å²) >= 11 is 3.35. The number of hydrogen-bond donors (Lipinski definition) is 2. The Morgan fingerprint density at radius 3 is 2.48 bits per heavy atom. The zero-order valence-electron chi connectivity index (χ0n) is 11.0. The van der Waals surface area contributed by atoms with Crippen molar-refractivity contribution >= 4 is 34.1 Å². The van der Waals surface area contributed by atoms with Crippen molar-refractivity contribution < 1.29 is 9.90 Å². The summed E-state index contributed by atoms with van der Waals surface area (Å²) in [5.41, 5.74) is 3.55. The van der Waals surface area contributed by atoms with Crippen LogP contribution in [0.3, 0.4) is 0 Å². The second-order valence-corrected chi connectivity index (χ2v) is 5.07. The van der Waals surface area contributed by atoms with Crippen LogP contribution in [0.1, 0.15) is 15.9 Å². The van der Waals surface area contributed by atoms with E-state index in [9.17, 15) is 9.90 Å². The summed E-state index contributed by atoms with van der Waals surface area (Å²) in [5, 5.41) is 13.4. The first-order valence-electron chi connectivity index (χ1n) is 6.20. The van der Waals surface area contributed by atoms with Crippen LogP contribution in [0.25, 0.3) is 6.08 Å². The minimum absolute atomic E-state index is 0.0795. The van der Waals surface area contributed by atoms with Crippen molar-refractivity contribution in [1.29, 1.82) is 0 Å². The standard InChI is InChI=1S/C16H13BrN2O2/c17-13(10-12-6-2-1-3-7-12)11-18-19-16(21)14-8-4-5-9-15(14)20/h1-11,20H,(H,19,21)/b13-10-,18-11-. The van der Waals surface area contributed by atoms with Crippen molar-refractivity contribution in [1.82, 2.24) is 5.43 Å². The average molecular weight is 345 g/mol. The molecule has 0 aliphatic carbocycles. The molecule has 5 heteroatoms. The third-order valence-corrected chi connectivity index (χ3v) is 3.04. The highest BCUT2D eigenvalue weighted by molar-refractivity contribution is 9.12. The normalized spacial score (nSPS) is 11.6.